The van der Waals surface area contributed by atoms with E-state index in [2.05, 4.69) is 0 Å². The number of carbonyl (C=O) groups excluding carboxylic acids is 2. The van der Waals surface area contributed by atoms with Crippen molar-refractivity contribution >= 4 is 11.9 Å². The second-order valence-electron chi connectivity index (χ2n) is 1.99. The zero-order chi connectivity index (χ0) is 10.3. The molecule has 0 saturated carbocycles. The quantitative estimate of drug-likeness (QED) is 0.480. The molecule has 0 aromatic heterocycles. The Balaban J connectivity index is -0.000000143. The second kappa shape index (κ2) is 9.57. The number of aliphatic hydroxyl groups excluding tert-OH is 2. The van der Waals surface area contributed by atoms with Gasteiger partial charge in [0.15, 0.2) is 0 Å². The monoisotopic (exact) mass is 242 g/mol. The van der Waals surface area contributed by atoms with Gasteiger partial charge in [-0.1, -0.05) is 0 Å². The van der Waals surface area contributed by atoms with Crippen LogP contribution < -0.4 is 10.2 Å². The van der Waals surface area contributed by atoms with Crippen LogP contribution in [0, 0.1) is 0 Å². The minimum absolute atomic E-state index is 0. The van der Waals surface area contributed by atoms with Gasteiger partial charge in [-0.15, -0.1) is 0 Å². The fourth-order valence-electron chi connectivity index (χ4n) is 0. The van der Waals surface area contributed by atoms with Crippen molar-refractivity contribution in [3.05, 3.63) is 0 Å². The Morgan fingerprint density at radius 2 is 1.08 bits per heavy atom. The van der Waals surface area contributed by atoms with Crippen molar-refractivity contribution in [3.63, 3.8) is 0 Å². The van der Waals surface area contributed by atoms with Crippen LogP contribution in [0.25, 0.3) is 0 Å². The van der Waals surface area contributed by atoms with Crippen LogP contribution in [0.5, 0.6) is 0 Å². The van der Waals surface area contributed by atoms with Crippen molar-refractivity contribution in [2.45, 2.75) is 26.1 Å². The molecule has 2 atom stereocenters. The van der Waals surface area contributed by atoms with Crippen molar-refractivity contribution in [2.24, 2.45) is 0 Å². The fraction of sp³-hybridized carbons (Fsp3) is 0.667. The number of hydrogen-bond acceptors (Lipinski definition) is 6. The van der Waals surface area contributed by atoms with Crippen LogP contribution in [0.2, 0.25) is 0 Å². The molecule has 0 aliphatic carbocycles. The van der Waals surface area contributed by atoms with Gasteiger partial charge in [0, 0.05) is 0 Å². The molecule has 0 rings (SSSR count). The van der Waals surface area contributed by atoms with E-state index in [1.54, 1.807) is 0 Å². The minimum atomic E-state index is -1.44. The predicted molar refractivity (Wildman–Crippen MR) is 33.4 cm³/mol. The Labute approximate surface area is 88.0 Å². The summed E-state index contributed by atoms with van der Waals surface area (Å²) >= 11 is 0. The van der Waals surface area contributed by atoms with Crippen LogP contribution in [0.1, 0.15) is 13.8 Å². The first-order chi connectivity index (χ1) is 5.29. The first-order valence-corrected chi connectivity index (χ1v) is 3.06. The van der Waals surface area contributed by atoms with Crippen molar-refractivity contribution in [1.82, 2.24) is 0 Å². The molecule has 0 fully saturated rings. The molecule has 0 amide bonds. The third-order valence-electron chi connectivity index (χ3n) is 0.682. The largest absolute Gasteiger partial charge is 2.00 e. The minimum Gasteiger partial charge on any atom is -0.547 e. The summed E-state index contributed by atoms with van der Waals surface area (Å²) in [5.74, 6) is -2.87. The van der Waals surface area contributed by atoms with Gasteiger partial charge >= 0.3 is 19.5 Å². The molecule has 0 aromatic rings. The van der Waals surface area contributed by atoms with Gasteiger partial charge in [-0.3, -0.25) is 0 Å². The number of rotatable bonds is 2. The van der Waals surface area contributed by atoms with Gasteiger partial charge in [0.25, 0.3) is 0 Å². The first kappa shape index (κ1) is 18.3. The van der Waals surface area contributed by atoms with Crippen LogP contribution in [-0.2, 0) is 29.1 Å². The maximum absolute atomic E-state index is 9.34. The molecule has 0 unspecified atom stereocenters. The average molecular weight is 244 g/mol. The Morgan fingerprint density at radius 1 is 1.00 bits per heavy atom. The van der Waals surface area contributed by atoms with Crippen molar-refractivity contribution < 1.29 is 49.5 Å². The smallest absolute Gasteiger partial charge is 0.547 e. The van der Waals surface area contributed by atoms with Gasteiger partial charge < -0.3 is 30.0 Å². The first-order valence-electron chi connectivity index (χ1n) is 3.06. The van der Waals surface area contributed by atoms with Crippen LogP contribution in [0.3, 0.4) is 0 Å². The zero-order valence-corrected chi connectivity index (χ0v) is 10.4. The van der Waals surface area contributed by atoms with Crippen molar-refractivity contribution in [2.75, 3.05) is 0 Å². The number of hydrogen-bond donors (Lipinski definition) is 2. The summed E-state index contributed by atoms with van der Waals surface area (Å²) in [5, 5.41) is 34.6. The van der Waals surface area contributed by atoms with Gasteiger partial charge in [0.1, 0.15) is 0 Å². The number of aliphatic carboxylic acids is 2. The average Bonchev–Trinajstić information content (AvgIpc) is 1.88. The molecule has 0 radical (unpaired) electrons. The van der Waals surface area contributed by atoms with E-state index in [4.69, 9.17) is 10.2 Å². The molecule has 13 heavy (non-hydrogen) atoms. The van der Waals surface area contributed by atoms with E-state index in [9.17, 15) is 19.8 Å². The molecule has 0 spiro atoms. The summed E-state index contributed by atoms with van der Waals surface area (Å²) in [7, 11) is 0. The van der Waals surface area contributed by atoms with Gasteiger partial charge in [-0.2, -0.15) is 0 Å². The van der Waals surface area contributed by atoms with Crippen LogP contribution in [-0.4, -0.2) is 34.4 Å². The van der Waals surface area contributed by atoms with E-state index in [1.165, 1.54) is 0 Å². The molecule has 0 aromatic carbocycles. The van der Waals surface area contributed by atoms with Crippen LogP contribution in [0.15, 0.2) is 0 Å². The summed E-state index contributed by atoms with van der Waals surface area (Å²) in [6.07, 6.45) is -2.69. The summed E-state index contributed by atoms with van der Waals surface area (Å²) in [6.45, 7) is 2.27. The molecule has 7 heteroatoms. The number of carboxylic acids is 2. The third kappa shape index (κ3) is 18.4. The van der Waals surface area contributed by atoms with E-state index >= 15 is 0 Å². The Bertz CT molecular complexity index is 137. The molecule has 72 valence electrons. The maximum atomic E-state index is 9.34. The Morgan fingerprint density at radius 3 is 1.08 bits per heavy atom. The molecule has 0 heterocycles. The van der Waals surface area contributed by atoms with E-state index in [-0.39, 0.29) is 19.5 Å². The van der Waals surface area contributed by atoms with E-state index in [1.807, 2.05) is 0 Å². The molecule has 0 aliphatic heterocycles. The number of aliphatic hydroxyl groups is 2. The van der Waals surface area contributed by atoms with Crippen molar-refractivity contribution in [1.29, 1.82) is 0 Å². The summed E-state index contributed by atoms with van der Waals surface area (Å²) in [6, 6.07) is 0. The number of carboxylic acid groups (broad SMARTS) is 2. The second-order valence-corrected chi connectivity index (χ2v) is 1.99. The van der Waals surface area contributed by atoms with E-state index in [0.29, 0.717) is 0 Å². The topological polar surface area (TPSA) is 121 Å². The Hall–Kier alpha value is -0.517. The summed E-state index contributed by atoms with van der Waals surface area (Å²) in [4.78, 5) is 18.7. The maximum Gasteiger partial charge on any atom is 2.00 e. The molecule has 2 N–H and O–H groups in total. The van der Waals surface area contributed by atoms with Gasteiger partial charge in [-0.25, -0.2) is 0 Å². The molecule has 0 saturated heterocycles. The SMILES string of the molecule is C[C@H](O)C(=O)[O-].C[C@H](O)C(=O)[O-].[Zn+2]. The van der Waals surface area contributed by atoms with Gasteiger partial charge in [-0.05, 0) is 13.8 Å². The van der Waals surface area contributed by atoms with Gasteiger partial charge in [0.2, 0.25) is 0 Å². The van der Waals surface area contributed by atoms with Crippen LogP contribution >= 0.6 is 0 Å². The third-order valence-corrected chi connectivity index (χ3v) is 0.682. The van der Waals surface area contributed by atoms with Gasteiger partial charge in [0.05, 0.1) is 24.1 Å². The molecule has 0 aliphatic rings. The van der Waals surface area contributed by atoms with E-state index < -0.39 is 24.1 Å². The summed E-state index contributed by atoms with van der Waals surface area (Å²) in [5.41, 5.74) is 0. The predicted octanol–water partition coefficient (Wildman–Crippen LogP) is -3.77. The van der Waals surface area contributed by atoms with Crippen molar-refractivity contribution in [3.8, 4) is 0 Å². The zero-order valence-electron chi connectivity index (χ0n) is 7.39. The molecule has 0 bridgehead atoms. The van der Waals surface area contributed by atoms with Crippen LogP contribution in [0.4, 0.5) is 0 Å². The standard InChI is InChI=1S/2C3H6O3.Zn/c2*1-2(4)3(5)6;/h2*2,4H,1H3,(H,5,6);/q;;+2/p-2/t2*2-;/m00./s1. The fourth-order valence-corrected chi connectivity index (χ4v) is 0. The Kier molecular flexibility index (Phi) is 13.5. The molecular weight excluding hydrogens is 233 g/mol. The van der Waals surface area contributed by atoms with E-state index in [0.717, 1.165) is 13.8 Å². The summed E-state index contributed by atoms with van der Waals surface area (Å²) < 4.78 is 0. The molecular formula is C6H10O6Zn. The number of carbonyl (C=O) groups is 2. The normalized spacial score (nSPS) is 12.6. The molecule has 6 nitrogen and oxygen atoms in total.